The summed E-state index contributed by atoms with van der Waals surface area (Å²) in [5.74, 6) is -0.715. The van der Waals surface area contributed by atoms with Gasteiger partial charge in [0, 0.05) is 11.4 Å². The van der Waals surface area contributed by atoms with E-state index in [-0.39, 0.29) is 12.3 Å². The highest BCUT2D eigenvalue weighted by molar-refractivity contribution is 8.00. The van der Waals surface area contributed by atoms with E-state index in [1.54, 1.807) is 0 Å². The zero-order valence-corrected chi connectivity index (χ0v) is 12.7. The van der Waals surface area contributed by atoms with Crippen LogP contribution in [0.15, 0.2) is 23.1 Å². The molecular weight excluding hydrogens is 303 g/mol. The fourth-order valence-corrected chi connectivity index (χ4v) is 2.75. The van der Waals surface area contributed by atoms with Gasteiger partial charge in [-0.05, 0) is 25.5 Å². The molecule has 0 saturated heterocycles. The SMILES string of the molecule is Cc1ccc(C)c(SCC(=O)N(CCO)CC(F)(F)F)c1. The first-order chi connectivity index (χ1) is 9.73. The average Bonchev–Trinajstić information content (AvgIpc) is 2.37. The molecule has 0 fully saturated rings. The molecule has 7 heteroatoms. The molecule has 1 aromatic carbocycles. The van der Waals surface area contributed by atoms with Crippen molar-refractivity contribution >= 4 is 17.7 Å². The number of aliphatic hydroxyl groups excluding tert-OH is 1. The minimum atomic E-state index is -4.46. The minimum Gasteiger partial charge on any atom is -0.395 e. The van der Waals surface area contributed by atoms with E-state index < -0.39 is 25.2 Å². The van der Waals surface area contributed by atoms with Crippen molar-refractivity contribution in [3.63, 3.8) is 0 Å². The number of amides is 1. The van der Waals surface area contributed by atoms with E-state index in [1.165, 1.54) is 11.8 Å². The van der Waals surface area contributed by atoms with Gasteiger partial charge in [-0.1, -0.05) is 17.7 Å². The molecule has 0 bridgehead atoms. The van der Waals surface area contributed by atoms with Crippen LogP contribution in [0.25, 0.3) is 0 Å². The van der Waals surface area contributed by atoms with E-state index in [1.807, 2.05) is 32.0 Å². The fourth-order valence-electron chi connectivity index (χ4n) is 1.72. The second kappa shape index (κ2) is 7.70. The van der Waals surface area contributed by atoms with E-state index in [0.717, 1.165) is 16.0 Å². The number of carbonyl (C=O) groups is 1. The van der Waals surface area contributed by atoms with Gasteiger partial charge in [-0.15, -0.1) is 11.8 Å². The zero-order chi connectivity index (χ0) is 16.0. The van der Waals surface area contributed by atoms with E-state index in [9.17, 15) is 18.0 Å². The quantitative estimate of drug-likeness (QED) is 0.819. The summed E-state index contributed by atoms with van der Waals surface area (Å²) in [6, 6.07) is 5.74. The molecule has 0 saturated carbocycles. The largest absolute Gasteiger partial charge is 0.406 e. The summed E-state index contributed by atoms with van der Waals surface area (Å²) in [7, 11) is 0. The first kappa shape index (κ1) is 17.8. The first-order valence-corrected chi connectivity index (χ1v) is 7.37. The van der Waals surface area contributed by atoms with E-state index in [2.05, 4.69) is 0 Å². The van der Waals surface area contributed by atoms with Gasteiger partial charge in [0.05, 0.1) is 12.4 Å². The molecule has 0 unspecified atom stereocenters. The molecule has 21 heavy (non-hydrogen) atoms. The molecule has 0 aliphatic heterocycles. The Bertz CT molecular complexity index is 492. The molecular formula is C14H18F3NO2S. The Hall–Kier alpha value is -1.21. The predicted molar refractivity (Wildman–Crippen MR) is 76.4 cm³/mol. The Balaban J connectivity index is 2.67. The summed E-state index contributed by atoms with van der Waals surface area (Å²) in [5, 5.41) is 8.78. The lowest BCUT2D eigenvalue weighted by molar-refractivity contribution is -0.160. The van der Waals surface area contributed by atoms with Gasteiger partial charge in [0.2, 0.25) is 5.91 Å². The molecule has 118 valence electrons. The highest BCUT2D eigenvalue weighted by Crippen LogP contribution is 2.24. The summed E-state index contributed by atoms with van der Waals surface area (Å²) >= 11 is 1.21. The Kier molecular flexibility index (Phi) is 6.54. The van der Waals surface area contributed by atoms with Crippen LogP contribution in [0, 0.1) is 13.8 Å². The Morgan fingerprint density at radius 2 is 2.00 bits per heavy atom. The zero-order valence-electron chi connectivity index (χ0n) is 11.9. The van der Waals surface area contributed by atoms with Crippen LogP contribution in [-0.4, -0.2) is 47.5 Å². The molecule has 0 aliphatic rings. The number of aryl methyl sites for hydroxylation is 2. The lowest BCUT2D eigenvalue weighted by Gasteiger charge is -2.23. The number of rotatable bonds is 6. The Morgan fingerprint density at radius 1 is 1.33 bits per heavy atom. The standard InChI is InChI=1S/C14H18F3NO2S/c1-10-3-4-11(2)12(7-10)21-8-13(20)18(5-6-19)9-14(15,16)17/h3-4,7,19H,5-6,8-9H2,1-2H3. The van der Waals surface area contributed by atoms with Crippen LogP contribution in [0.3, 0.4) is 0 Å². The minimum absolute atomic E-state index is 0.0830. The number of aliphatic hydroxyl groups is 1. The number of halogens is 3. The molecule has 1 aromatic rings. The van der Waals surface area contributed by atoms with Gasteiger partial charge in [0.15, 0.2) is 0 Å². The van der Waals surface area contributed by atoms with Gasteiger partial charge in [0.25, 0.3) is 0 Å². The summed E-state index contributed by atoms with van der Waals surface area (Å²) in [5.41, 5.74) is 2.00. The number of nitrogens with zero attached hydrogens (tertiary/aromatic N) is 1. The van der Waals surface area contributed by atoms with Gasteiger partial charge in [-0.2, -0.15) is 13.2 Å². The molecule has 0 spiro atoms. The second-order valence-corrected chi connectivity index (χ2v) is 5.73. The van der Waals surface area contributed by atoms with Crippen molar-refractivity contribution in [2.45, 2.75) is 24.9 Å². The van der Waals surface area contributed by atoms with Crippen molar-refractivity contribution in [1.29, 1.82) is 0 Å². The van der Waals surface area contributed by atoms with Crippen molar-refractivity contribution < 1.29 is 23.1 Å². The van der Waals surface area contributed by atoms with Crippen molar-refractivity contribution in [1.82, 2.24) is 4.90 Å². The van der Waals surface area contributed by atoms with Gasteiger partial charge >= 0.3 is 6.18 Å². The lowest BCUT2D eigenvalue weighted by Crippen LogP contribution is -2.41. The van der Waals surface area contributed by atoms with Crippen LogP contribution in [0.1, 0.15) is 11.1 Å². The normalized spacial score (nSPS) is 11.5. The summed E-state index contributed by atoms with van der Waals surface area (Å²) < 4.78 is 37.2. The number of hydrogen-bond donors (Lipinski definition) is 1. The third kappa shape index (κ3) is 6.39. The highest BCUT2D eigenvalue weighted by Gasteiger charge is 2.32. The van der Waals surface area contributed by atoms with Crippen LogP contribution in [0.4, 0.5) is 13.2 Å². The van der Waals surface area contributed by atoms with Crippen molar-refractivity contribution in [2.24, 2.45) is 0 Å². The Labute approximate surface area is 126 Å². The third-order valence-corrected chi connectivity index (χ3v) is 3.93. The number of thioether (sulfide) groups is 1. The first-order valence-electron chi connectivity index (χ1n) is 6.38. The monoisotopic (exact) mass is 321 g/mol. The van der Waals surface area contributed by atoms with Gasteiger partial charge in [0.1, 0.15) is 6.54 Å². The molecule has 0 aromatic heterocycles. The number of hydrogen-bond acceptors (Lipinski definition) is 3. The second-order valence-electron chi connectivity index (χ2n) is 4.71. The molecule has 0 radical (unpaired) electrons. The molecule has 0 atom stereocenters. The number of carbonyl (C=O) groups excluding carboxylic acids is 1. The van der Waals surface area contributed by atoms with Crippen LogP contribution in [0.2, 0.25) is 0 Å². The Morgan fingerprint density at radius 3 is 2.57 bits per heavy atom. The summed E-state index contributed by atoms with van der Waals surface area (Å²) in [4.78, 5) is 13.4. The third-order valence-electron chi connectivity index (χ3n) is 2.79. The lowest BCUT2D eigenvalue weighted by atomic mass is 10.2. The molecule has 3 nitrogen and oxygen atoms in total. The maximum Gasteiger partial charge on any atom is 0.406 e. The number of alkyl halides is 3. The molecule has 1 amide bonds. The van der Waals surface area contributed by atoms with E-state index in [4.69, 9.17) is 5.11 Å². The van der Waals surface area contributed by atoms with Crippen LogP contribution in [-0.2, 0) is 4.79 Å². The van der Waals surface area contributed by atoms with Gasteiger partial charge in [-0.3, -0.25) is 4.79 Å². The fraction of sp³-hybridized carbons (Fsp3) is 0.500. The summed E-state index contributed by atoms with van der Waals surface area (Å²) in [6.07, 6.45) is -4.46. The average molecular weight is 321 g/mol. The van der Waals surface area contributed by atoms with Gasteiger partial charge < -0.3 is 10.0 Å². The predicted octanol–water partition coefficient (Wildman–Crippen LogP) is 2.78. The maximum absolute atomic E-state index is 12.4. The summed E-state index contributed by atoms with van der Waals surface area (Å²) in [6.45, 7) is 1.65. The molecule has 1 rings (SSSR count). The van der Waals surface area contributed by atoms with Gasteiger partial charge in [-0.25, -0.2) is 0 Å². The van der Waals surface area contributed by atoms with Crippen molar-refractivity contribution in [3.05, 3.63) is 29.3 Å². The van der Waals surface area contributed by atoms with Crippen LogP contribution in [0.5, 0.6) is 0 Å². The smallest absolute Gasteiger partial charge is 0.395 e. The molecule has 1 N–H and O–H groups in total. The number of benzene rings is 1. The van der Waals surface area contributed by atoms with Crippen LogP contribution < -0.4 is 0 Å². The molecule has 0 aliphatic carbocycles. The van der Waals surface area contributed by atoms with E-state index in [0.29, 0.717) is 4.90 Å². The molecule has 0 heterocycles. The van der Waals surface area contributed by atoms with Crippen molar-refractivity contribution in [2.75, 3.05) is 25.4 Å². The topological polar surface area (TPSA) is 40.5 Å². The van der Waals surface area contributed by atoms with E-state index >= 15 is 0 Å². The maximum atomic E-state index is 12.4. The van der Waals surface area contributed by atoms with Crippen molar-refractivity contribution in [3.8, 4) is 0 Å². The highest BCUT2D eigenvalue weighted by atomic mass is 32.2. The van der Waals surface area contributed by atoms with Crippen LogP contribution >= 0.6 is 11.8 Å².